The van der Waals surface area contributed by atoms with Crippen molar-refractivity contribution in [1.29, 1.82) is 0 Å². The van der Waals surface area contributed by atoms with Gasteiger partial charge < -0.3 is 35.2 Å². The van der Waals surface area contributed by atoms with Crippen molar-refractivity contribution in [3.05, 3.63) is 11.6 Å². The van der Waals surface area contributed by atoms with Crippen molar-refractivity contribution in [3.63, 3.8) is 0 Å². The van der Waals surface area contributed by atoms with Crippen molar-refractivity contribution in [2.75, 3.05) is 6.61 Å². The fourth-order valence-corrected chi connectivity index (χ4v) is 2.68. The van der Waals surface area contributed by atoms with Gasteiger partial charge in [0.15, 0.2) is 0 Å². The fourth-order valence-electron chi connectivity index (χ4n) is 2.68. The number of carbonyl (C=O) groups is 2. The number of hydrogen-bond acceptors (Lipinski definition) is 6. The summed E-state index contributed by atoms with van der Waals surface area (Å²) in [6.45, 7) is 7.71. The maximum Gasteiger partial charge on any atom is 0.334 e. The molecule has 10 nitrogen and oxygen atoms in total. The maximum absolute atomic E-state index is 12.0. The summed E-state index contributed by atoms with van der Waals surface area (Å²) in [4.78, 5) is 46.3. The molecule has 0 bridgehead atoms. The van der Waals surface area contributed by atoms with Gasteiger partial charge in [0.05, 0.1) is 12.7 Å². The molecule has 3 atom stereocenters. The van der Waals surface area contributed by atoms with Gasteiger partial charge in [-0.15, -0.1) is 0 Å². The van der Waals surface area contributed by atoms with E-state index < -0.39 is 7.82 Å². The second-order valence-electron chi connectivity index (χ2n) is 6.13. The lowest BCUT2D eigenvalue weighted by atomic mass is 9.88. The number of esters is 1. The summed E-state index contributed by atoms with van der Waals surface area (Å²) >= 11 is 0. The Balaban J connectivity index is 0.00000119. The van der Waals surface area contributed by atoms with E-state index >= 15 is 0 Å². The smallest absolute Gasteiger partial charge is 0.334 e. The molecule has 6 N–H and O–H groups in total. The van der Waals surface area contributed by atoms with E-state index in [-0.39, 0.29) is 36.2 Å². The molecule has 1 rings (SSSR count). The molecule has 0 heterocycles. The third kappa shape index (κ3) is 11.2. The third-order valence-corrected chi connectivity index (χ3v) is 3.88. The van der Waals surface area contributed by atoms with E-state index in [4.69, 9.17) is 28.7 Å². The van der Waals surface area contributed by atoms with Crippen LogP contribution in [0.3, 0.4) is 0 Å². The fraction of sp³-hybridized carbons (Fsp3) is 0.750. The summed E-state index contributed by atoms with van der Waals surface area (Å²) in [5.41, 5.74) is 4.67. The number of carbonyl (C=O) groups excluding carboxylic acids is 2. The van der Waals surface area contributed by atoms with Crippen LogP contribution in [0.15, 0.2) is 11.6 Å². The molecule has 0 aromatic rings. The van der Waals surface area contributed by atoms with Gasteiger partial charge in [-0.2, -0.15) is 0 Å². The molecule has 1 amide bonds. The van der Waals surface area contributed by atoms with Crippen molar-refractivity contribution in [3.8, 4) is 0 Å². The molecule has 158 valence electrons. The molecule has 27 heavy (non-hydrogen) atoms. The molecule has 0 aromatic heterocycles. The summed E-state index contributed by atoms with van der Waals surface area (Å²) in [5.74, 6) is -0.444. The Morgan fingerprint density at radius 3 is 2.30 bits per heavy atom. The highest BCUT2D eigenvalue weighted by atomic mass is 31.2. The van der Waals surface area contributed by atoms with Crippen LogP contribution < -0.4 is 15.9 Å². The monoisotopic (exact) mass is 410 g/mol. The van der Waals surface area contributed by atoms with Crippen LogP contribution in [0.25, 0.3) is 0 Å². The first kappa shape index (κ1) is 25.7. The van der Waals surface area contributed by atoms with E-state index in [9.17, 15) is 9.59 Å². The Bertz CT molecular complexity index is 550. The molecule has 0 saturated carbocycles. The van der Waals surface area contributed by atoms with Crippen molar-refractivity contribution in [1.82, 2.24) is 5.32 Å². The highest BCUT2D eigenvalue weighted by molar-refractivity contribution is 7.43. The second-order valence-corrected chi connectivity index (χ2v) is 7.11. The van der Waals surface area contributed by atoms with Gasteiger partial charge in [-0.3, -0.25) is 9.36 Å². The van der Waals surface area contributed by atoms with E-state index in [1.165, 1.54) is 6.92 Å². The Morgan fingerprint density at radius 1 is 1.37 bits per heavy atom. The molecule has 1 aliphatic carbocycles. The zero-order chi connectivity index (χ0) is 21.2. The summed E-state index contributed by atoms with van der Waals surface area (Å²) in [6.07, 6.45) is 3.76. The average Bonchev–Trinajstić information content (AvgIpc) is 2.53. The highest BCUT2D eigenvalue weighted by Gasteiger charge is 2.38. The van der Waals surface area contributed by atoms with Crippen LogP contribution in [-0.4, -0.2) is 52.6 Å². The largest absolute Gasteiger partial charge is 0.756 e. The first-order valence-corrected chi connectivity index (χ1v) is 10.4. The number of hydrogen-bond donors (Lipinski definition) is 4. The van der Waals surface area contributed by atoms with Crippen LogP contribution >= 0.6 is 7.82 Å². The Morgan fingerprint density at radius 2 is 1.89 bits per heavy atom. The van der Waals surface area contributed by atoms with Gasteiger partial charge in [0.25, 0.3) is 7.82 Å². The van der Waals surface area contributed by atoms with Crippen LogP contribution in [-0.2, 0) is 23.6 Å². The molecule has 3 unspecified atom stereocenters. The molecule has 0 aromatic carbocycles. The first-order valence-electron chi connectivity index (χ1n) is 8.82. The van der Waals surface area contributed by atoms with Crippen LogP contribution in [0.2, 0.25) is 0 Å². The van der Waals surface area contributed by atoms with E-state index in [1.54, 1.807) is 13.0 Å². The second kappa shape index (κ2) is 12.2. The molecule has 0 spiro atoms. The predicted molar refractivity (Wildman–Crippen MR) is 94.9 cm³/mol. The molecule has 0 aliphatic heterocycles. The third-order valence-electron chi connectivity index (χ3n) is 3.88. The van der Waals surface area contributed by atoms with Crippen molar-refractivity contribution in [2.45, 2.75) is 71.2 Å². The quantitative estimate of drug-likeness (QED) is 0.306. The normalized spacial score (nSPS) is 22.4. The Hall–Kier alpha value is -1.29. The van der Waals surface area contributed by atoms with Crippen LogP contribution in [0.4, 0.5) is 0 Å². The van der Waals surface area contributed by atoms with Crippen molar-refractivity contribution < 1.29 is 44.0 Å². The van der Waals surface area contributed by atoms with Gasteiger partial charge in [-0.1, -0.05) is 13.8 Å². The number of phosphoric acid groups is 1. The van der Waals surface area contributed by atoms with E-state index in [1.807, 2.05) is 0 Å². The molecular formula is C16H31N2O8P. The molecule has 0 fully saturated rings. The number of rotatable bonds is 7. The van der Waals surface area contributed by atoms with E-state index in [0.717, 1.165) is 12.8 Å². The summed E-state index contributed by atoms with van der Waals surface area (Å²) in [6, 6.07) is -0.357. The van der Waals surface area contributed by atoms with E-state index in [0.29, 0.717) is 18.6 Å². The topological polar surface area (TPSA) is 173 Å². The molecule has 0 saturated heterocycles. The standard InChI is InChI=1S/C16H28N2O4.H3O4P/c1-5-12(6-2)22-14-9-11(16(20)21-7-3)8-13(17)15(14)18-10(4)19;1-5(2,3)4/h9,12-15H,5-8,17H2,1-4H3,(H,18,19);(H3,1,2,3,4). The zero-order valence-corrected chi connectivity index (χ0v) is 17.1. The summed E-state index contributed by atoms with van der Waals surface area (Å²) < 4.78 is 19.9. The minimum Gasteiger partial charge on any atom is -0.756 e. The lowest BCUT2D eigenvalue weighted by Crippen LogP contribution is -2.73. The molecule has 11 heteroatoms. The summed E-state index contributed by atoms with van der Waals surface area (Å²) in [7, 11) is -4.89. The van der Waals surface area contributed by atoms with Gasteiger partial charge >= 0.3 is 5.97 Å². The number of amides is 1. The zero-order valence-electron chi connectivity index (χ0n) is 16.2. The molecular weight excluding hydrogens is 379 g/mol. The van der Waals surface area contributed by atoms with Gasteiger partial charge in [0.2, 0.25) is 5.91 Å². The highest BCUT2D eigenvalue weighted by Crippen LogP contribution is 2.23. The molecule has 0 radical (unpaired) electrons. The average molecular weight is 410 g/mol. The van der Waals surface area contributed by atoms with Crippen LogP contribution in [0.5, 0.6) is 0 Å². The molecule has 1 aliphatic rings. The van der Waals surface area contributed by atoms with Gasteiger partial charge in [-0.25, -0.2) is 4.79 Å². The van der Waals surface area contributed by atoms with Crippen molar-refractivity contribution in [2.24, 2.45) is 0 Å². The lowest BCUT2D eigenvalue weighted by Gasteiger charge is -2.34. The van der Waals surface area contributed by atoms with E-state index in [2.05, 4.69) is 24.9 Å². The predicted octanol–water partition coefficient (Wildman–Crippen LogP) is -0.992. The number of nitrogens with one attached hydrogen (secondary N) is 1. The first-order chi connectivity index (χ1) is 12.4. The number of ether oxygens (including phenoxy) is 2. The SMILES string of the molecule is CCOC(=O)C1=CC(OC(CC)CC)C(NC(C)=O)C([NH3+])C1.O=P([O-])(O)O. The van der Waals surface area contributed by atoms with Crippen LogP contribution in [0, 0.1) is 0 Å². The van der Waals surface area contributed by atoms with Gasteiger partial charge in [0, 0.05) is 18.9 Å². The Labute approximate surface area is 159 Å². The van der Waals surface area contributed by atoms with Gasteiger partial charge in [-0.05, 0) is 25.8 Å². The minimum atomic E-state index is -4.89. The minimum absolute atomic E-state index is 0.0891. The van der Waals surface area contributed by atoms with Crippen LogP contribution in [0.1, 0.15) is 47.0 Å². The lowest BCUT2D eigenvalue weighted by molar-refractivity contribution is -0.429. The van der Waals surface area contributed by atoms with Crippen molar-refractivity contribution >= 4 is 19.7 Å². The summed E-state index contributed by atoms with van der Waals surface area (Å²) in [5, 5.41) is 2.90. The number of quaternary nitrogens is 1. The van der Waals surface area contributed by atoms with Gasteiger partial charge in [0.1, 0.15) is 18.2 Å². The Kier molecular flexibility index (Phi) is 11.6. The maximum atomic E-state index is 12.0.